The molecule has 4 aromatic rings. The number of aryl methyl sites for hydroxylation is 1. The highest BCUT2D eigenvalue weighted by molar-refractivity contribution is 5.73. The van der Waals surface area contributed by atoms with E-state index in [9.17, 15) is 4.79 Å². The highest BCUT2D eigenvalue weighted by Gasteiger charge is 2.13. The van der Waals surface area contributed by atoms with Crippen LogP contribution >= 0.6 is 0 Å². The normalized spacial score (nSPS) is 11.0. The van der Waals surface area contributed by atoms with Gasteiger partial charge in [-0.15, -0.1) is 0 Å². The first kappa shape index (κ1) is 17.2. The number of hydrogen-bond acceptors (Lipinski definition) is 3. The molecule has 0 fully saturated rings. The van der Waals surface area contributed by atoms with Crippen molar-refractivity contribution >= 4 is 11.2 Å². The second-order valence-electron chi connectivity index (χ2n) is 6.57. The molecule has 0 aliphatic rings. The molecule has 0 radical (unpaired) electrons. The number of aromatic nitrogens is 3. The zero-order chi connectivity index (χ0) is 18.6. The fraction of sp³-hybridized carbons (Fsp3) is 0.174. The van der Waals surface area contributed by atoms with Crippen molar-refractivity contribution in [1.82, 2.24) is 14.5 Å². The molecule has 0 bridgehead atoms. The van der Waals surface area contributed by atoms with Gasteiger partial charge in [-0.25, -0.2) is 9.97 Å². The van der Waals surface area contributed by atoms with Gasteiger partial charge in [-0.1, -0.05) is 55.8 Å². The van der Waals surface area contributed by atoms with E-state index in [-0.39, 0.29) is 5.56 Å². The number of hydrogen-bond donors (Lipinski definition) is 0. The van der Waals surface area contributed by atoms with Crippen molar-refractivity contribution in [2.45, 2.75) is 26.2 Å². The van der Waals surface area contributed by atoms with Crippen molar-refractivity contribution in [2.24, 2.45) is 0 Å². The highest BCUT2D eigenvalue weighted by atomic mass is 16.1. The van der Waals surface area contributed by atoms with Crippen molar-refractivity contribution in [3.05, 3.63) is 89.0 Å². The first-order valence-corrected chi connectivity index (χ1v) is 9.30. The number of rotatable bonds is 5. The number of pyridine rings is 1. The van der Waals surface area contributed by atoms with E-state index in [0.717, 1.165) is 35.2 Å². The van der Waals surface area contributed by atoms with Crippen LogP contribution in [0.3, 0.4) is 0 Å². The Labute approximate surface area is 158 Å². The van der Waals surface area contributed by atoms with Crippen LogP contribution in [0.25, 0.3) is 28.0 Å². The topological polar surface area (TPSA) is 47.8 Å². The van der Waals surface area contributed by atoms with E-state index >= 15 is 0 Å². The summed E-state index contributed by atoms with van der Waals surface area (Å²) in [7, 11) is 0. The molecule has 0 aliphatic heterocycles. The molecule has 4 heteroatoms. The van der Waals surface area contributed by atoms with Crippen LogP contribution in [-0.4, -0.2) is 14.5 Å². The molecule has 0 spiro atoms. The molecular weight excluding hydrogens is 334 g/mol. The zero-order valence-electron chi connectivity index (χ0n) is 15.3. The molecule has 0 atom stereocenters. The molecule has 0 N–H and O–H groups in total. The molecule has 0 amide bonds. The monoisotopic (exact) mass is 355 g/mol. The van der Waals surface area contributed by atoms with Gasteiger partial charge in [0.15, 0.2) is 5.65 Å². The quantitative estimate of drug-likeness (QED) is 0.517. The Morgan fingerprint density at radius 3 is 2.56 bits per heavy atom. The van der Waals surface area contributed by atoms with E-state index in [2.05, 4.69) is 35.1 Å². The molecule has 2 aromatic carbocycles. The van der Waals surface area contributed by atoms with Gasteiger partial charge in [-0.3, -0.25) is 9.36 Å². The van der Waals surface area contributed by atoms with Gasteiger partial charge in [0.1, 0.15) is 11.2 Å². The van der Waals surface area contributed by atoms with E-state index < -0.39 is 0 Å². The molecule has 0 saturated heterocycles. The van der Waals surface area contributed by atoms with Crippen LogP contribution in [0.15, 0.2) is 77.7 Å². The van der Waals surface area contributed by atoms with Gasteiger partial charge in [0.2, 0.25) is 0 Å². The molecular formula is C23H21N3O. The highest BCUT2D eigenvalue weighted by Crippen LogP contribution is 2.22. The molecule has 4 rings (SSSR count). The van der Waals surface area contributed by atoms with Gasteiger partial charge in [0, 0.05) is 6.20 Å². The van der Waals surface area contributed by atoms with Gasteiger partial charge in [0.05, 0.1) is 5.69 Å². The summed E-state index contributed by atoms with van der Waals surface area (Å²) in [4.78, 5) is 22.2. The molecule has 27 heavy (non-hydrogen) atoms. The van der Waals surface area contributed by atoms with Crippen LogP contribution in [0.5, 0.6) is 0 Å². The number of nitrogens with zero attached hydrogens (tertiary/aromatic N) is 3. The summed E-state index contributed by atoms with van der Waals surface area (Å²) in [5, 5.41) is 0. The Kier molecular flexibility index (Phi) is 4.79. The predicted octanol–water partition coefficient (Wildman–Crippen LogP) is 4.79. The largest absolute Gasteiger partial charge is 0.278 e. The van der Waals surface area contributed by atoms with E-state index in [1.165, 1.54) is 0 Å². The number of unbranched alkanes of at least 4 members (excludes halogenated alkanes) is 1. The Bertz CT molecular complexity index is 1130. The fourth-order valence-electron chi connectivity index (χ4n) is 3.27. The average Bonchev–Trinajstić information content (AvgIpc) is 2.73. The molecule has 0 unspecified atom stereocenters. The van der Waals surface area contributed by atoms with Gasteiger partial charge in [0.25, 0.3) is 5.56 Å². The molecule has 0 saturated carbocycles. The minimum Gasteiger partial charge on any atom is -0.267 e. The summed E-state index contributed by atoms with van der Waals surface area (Å²) >= 11 is 0. The maximum atomic E-state index is 13.2. The summed E-state index contributed by atoms with van der Waals surface area (Å²) in [5.74, 6) is 0. The van der Waals surface area contributed by atoms with Crippen molar-refractivity contribution in [3.63, 3.8) is 0 Å². The minimum atomic E-state index is -0.0835. The lowest BCUT2D eigenvalue weighted by molar-refractivity contribution is 0.760. The maximum Gasteiger partial charge on any atom is 0.278 e. The van der Waals surface area contributed by atoms with E-state index in [0.29, 0.717) is 17.8 Å². The van der Waals surface area contributed by atoms with Crippen LogP contribution in [0.4, 0.5) is 0 Å². The lowest BCUT2D eigenvalue weighted by Gasteiger charge is -2.13. The van der Waals surface area contributed by atoms with Crippen molar-refractivity contribution in [2.75, 3.05) is 0 Å². The second kappa shape index (κ2) is 7.54. The average molecular weight is 355 g/mol. The maximum absolute atomic E-state index is 13.2. The fourth-order valence-corrected chi connectivity index (χ4v) is 3.27. The molecule has 2 heterocycles. The summed E-state index contributed by atoms with van der Waals surface area (Å²) in [6.07, 6.45) is 4.35. The lowest BCUT2D eigenvalue weighted by Crippen LogP contribution is -2.25. The number of fused-ring (bicyclic) bond motifs is 1. The SMILES string of the molecule is CCCCc1nc2cccnc2n(-c2cccc(-c3ccccc3)c2)c1=O. The van der Waals surface area contributed by atoms with Crippen LogP contribution in [-0.2, 0) is 6.42 Å². The van der Waals surface area contributed by atoms with E-state index in [4.69, 9.17) is 0 Å². The Hall–Kier alpha value is -3.27. The van der Waals surface area contributed by atoms with Gasteiger partial charge >= 0.3 is 0 Å². The smallest absolute Gasteiger partial charge is 0.267 e. The summed E-state index contributed by atoms with van der Waals surface area (Å²) < 4.78 is 1.69. The molecule has 0 aliphatic carbocycles. The van der Waals surface area contributed by atoms with Gasteiger partial charge in [-0.2, -0.15) is 0 Å². The first-order valence-electron chi connectivity index (χ1n) is 9.30. The van der Waals surface area contributed by atoms with E-state index in [1.807, 2.05) is 48.5 Å². The Balaban J connectivity index is 1.93. The predicted molar refractivity (Wildman–Crippen MR) is 109 cm³/mol. The summed E-state index contributed by atoms with van der Waals surface area (Å²) in [6.45, 7) is 2.12. The first-order chi connectivity index (χ1) is 13.3. The van der Waals surface area contributed by atoms with Gasteiger partial charge < -0.3 is 0 Å². The van der Waals surface area contributed by atoms with Crippen molar-refractivity contribution in [3.8, 4) is 16.8 Å². The number of benzene rings is 2. The third-order valence-electron chi connectivity index (χ3n) is 4.66. The van der Waals surface area contributed by atoms with Crippen LogP contribution < -0.4 is 5.56 Å². The van der Waals surface area contributed by atoms with E-state index in [1.54, 1.807) is 10.8 Å². The third-order valence-corrected chi connectivity index (χ3v) is 4.66. The van der Waals surface area contributed by atoms with Crippen LogP contribution in [0, 0.1) is 0 Å². The summed E-state index contributed by atoms with van der Waals surface area (Å²) in [6, 6.07) is 21.9. The molecule has 4 nitrogen and oxygen atoms in total. The van der Waals surface area contributed by atoms with Crippen LogP contribution in [0.2, 0.25) is 0 Å². The van der Waals surface area contributed by atoms with Gasteiger partial charge in [-0.05, 0) is 48.2 Å². The summed E-state index contributed by atoms with van der Waals surface area (Å²) in [5.41, 5.74) is 4.84. The lowest BCUT2D eigenvalue weighted by atomic mass is 10.1. The Morgan fingerprint density at radius 2 is 1.74 bits per heavy atom. The van der Waals surface area contributed by atoms with Crippen molar-refractivity contribution < 1.29 is 0 Å². The Morgan fingerprint density at radius 1 is 0.926 bits per heavy atom. The molecule has 134 valence electrons. The second-order valence-corrected chi connectivity index (χ2v) is 6.57. The zero-order valence-corrected chi connectivity index (χ0v) is 15.3. The standard InChI is InChI=1S/C23H21N3O/c1-2-3-13-21-23(27)26(22-20(25-21)14-8-15-24-22)19-12-7-11-18(16-19)17-9-5-4-6-10-17/h4-12,14-16H,2-3,13H2,1H3. The third kappa shape index (κ3) is 3.38. The van der Waals surface area contributed by atoms with Crippen molar-refractivity contribution in [1.29, 1.82) is 0 Å². The molecule has 2 aromatic heterocycles. The minimum absolute atomic E-state index is 0.0835. The van der Waals surface area contributed by atoms with Crippen LogP contribution in [0.1, 0.15) is 25.5 Å².